The minimum absolute atomic E-state index is 0.136. The Labute approximate surface area is 115 Å². The summed E-state index contributed by atoms with van der Waals surface area (Å²) in [6.07, 6.45) is 3.22. The first-order valence-corrected chi connectivity index (χ1v) is 7.24. The van der Waals surface area contributed by atoms with Gasteiger partial charge in [0, 0.05) is 19.5 Å². The number of carboxylic acids is 1. The maximum Gasteiger partial charge on any atom is 0.303 e. The van der Waals surface area contributed by atoms with Crippen molar-refractivity contribution in [2.45, 2.75) is 39.5 Å². The van der Waals surface area contributed by atoms with Crippen LogP contribution >= 0.6 is 0 Å². The largest absolute Gasteiger partial charge is 0.481 e. The van der Waals surface area contributed by atoms with Gasteiger partial charge in [-0.2, -0.15) is 0 Å². The highest BCUT2D eigenvalue weighted by molar-refractivity contribution is 5.78. The summed E-state index contributed by atoms with van der Waals surface area (Å²) in [7, 11) is 0. The van der Waals surface area contributed by atoms with Gasteiger partial charge in [0.05, 0.1) is 6.54 Å². The summed E-state index contributed by atoms with van der Waals surface area (Å²) in [6, 6.07) is 0. The SMILES string of the molecule is CCCNCC(=O)N1CCCC(C(C)CC(=O)O)C1. The van der Waals surface area contributed by atoms with Crippen LogP contribution in [0.3, 0.4) is 0 Å². The number of amides is 1. The molecule has 0 bridgehead atoms. The summed E-state index contributed by atoms with van der Waals surface area (Å²) in [5, 5.41) is 12.0. The van der Waals surface area contributed by atoms with Crippen LogP contribution in [0.25, 0.3) is 0 Å². The van der Waals surface area contributed by atoms with Crippen molar-refractivity contribution in [1.29, 1.82) is 0 Å². The molecule has 0 aromatic heterocycles. The van der Waals surface area contributed by atoms with Gasteiger partial charge in [-0.1, -0.05) is 13.8 Å². The number of carbonyl (C=O) groups is 2. The molecular formula is C14H26N2O3. The number of carboxylic acid groups (broad SMARTS) is 1. The molecule has 0 radical (unpaired) electrons. The Hall–Kier alpha value is -1.10. The summed E-state index contributed by atoms with van der Waals surface area (Å²) in [5.74, 6) is -0.155. The van der Waals surface area contributed by atoms with Crippen LogP contribution in [0.4, 0.5) is 0 Å². The standard InChI is InChI=1S/C14H26N2O3/c1-3-6-15-9-13(17)16-7-4-5-12(10-16)11(2)8-14(18)19/h11-12,15H,3-10H2,1-2H3,(H,18,19). The number of rotatable bonds is 7. The Bertz CT molecular complexity index is 307. The third-order valence-electron chi connectivity index (χ3n) is 3.81. The van der Waals surface area contributed by atoms with E-state index in [2.05, 4.69) is 12.2 Å². The van der Waals surface area contributed by atoms with Gasteiger partial charge in [0.25, 0.3) is 0 Å². The molecule has 19 heavy (non-hydrogen) atoms. The quantitative estimate of drug-likeness (QED) is 0.685. The minimum Gasteiger partial charge on any atom is -0.481 e. The smallest absolute Gasteiger partial charge is 0.303 e. The molecule has 1 heterocycles. The summed E-state index contributed by atoms with van der Waals surface area (Å²) < 4.78 is 0. The number of piperidine rings is 1. The van der Waals surface area contributed by atoms with Crippen LogP contribution < -0.4 is 5.32 Å². The minimum atomic E-state index is -0.749. The Morgan fingerprint density at radius 3 is 2.84 bits per heavy atom. The lowest BCUT2D eigenvalue weighted by atomic mass is 9.84. The van der Waals surface area contributed by atoms with Crippen molar-refractivity contribution in [2.75, 3.05) is 26.2 Å². The Morgan fingerprint density at radius 2 is 2.21 bits per heavy atom. The lowest BCUT2D eigenvalue weighted by Gasteiger charge is -2.35. The van der Waals surface area contributed by atoms with Crippen molar-refractivity contribution in [1.82, 2.24) is 10.2 Å². The van der Waals surface area contributed by atoms with E-state index in [1.807, 2.05) is 11.8 Å². The number of nitrogens with zero attached hydrogens (tertiary/aromatic N) is 1. The summed E-state index contributed by atoms with van der Waals surface area (Å²) >= 11 is 0. The molecule has 1 saturated heterocycles. The maximum absolute atomic E-state index is 12.0. The maximum atomic E-state index is 12.0. The van der Waals surface area contributed by atoms with Gasteiger partial charge in [-0.15, -0.1) is 0 Å². The van der Waals surface area contributed by atoms with E-state index in [4.69, 9.17) is 5.11 Å². The molecule has 0 spiro atoms. The van der Waals surface area contributed by atoms with Crippen molar-refractivity contribution in [2.24, 2.45) is 11.8 Å². The Morgan fingerprint density at radius 1 is 1.47 bits per heavy atom. The van der Waals surface area contributed by atoms with E-state index in [0.717, 1.165) is 32.4 Å². The molecule has 1 aliphatic heterocycles. The number of carbonyl (C=O) groups excluding carboxylic acids is 1. The molecule has 0 aromatic carbocycles. The van der Waals surface area contributed by atoms with Gasteiger partial charge in [-0.25, -0.2) is 0 Å². The monoisotopic (exact) mass is 270 g/mol. The molecule has 1 aliphatic rings. The van der Waals surface area contributed by atoms with Crippen molar-refractivity contribution >= 4 is 11.9 Å². The molecule has 1 fully saturated rings. The van der Waals surface area contributed by atoms with Gasteiger partial charge in [0.15, 0.2) is 0 Å². The molecule has 2 unspecified atom stereocenters. The van der Waals surface area contributed by atoms with E-state index in [1.54, 1.807) is 0 Å². The molecular weight excluding hydrogens is 244 g/mol. The molecule has 5 nitrogen and oxygen atoms in total. The molecule has 0 aliphatic carbocycles. The fourth-order valence-corrected chi connectivity index (χ4v) is 2.63. The zero-order valence-electron chi connectivity index (χ0n) is 12.0. The van der Waals surface area contributed by atoms with E-state index in [1.165, 1.54) is 0 Å². The third-order valence-corrected chi connectivity index (χ3v) is 3.81. The zero-order chi connectivity index (χ0) is 14.3. The molecule has 110 valence electrons. The van der Waals surface area contributed by atoms with Gasteiger partial charge in [0.2, 0.25) is 5.91 Å². The van der Waals surface area contributed by atoms with E-state index in [9.17, 15) is 9.59 Å². The van der Waals surface area contributed by atoms with Crippen LogP contribution in [0.2, 0.25) is 0 Å². The fourth-order valence-electron chi connectivity index (χ4n) is 2.63. The second-order valence-corrected chi connectivity index (χ2v) is 5.49. The van der Waals surface area contributed by atoms with E-state index >= 15 is 0 Å². The predicted octanol–water partition coefficient (Wildman–Crippen LogP) is 1.34. The van der Waals surface area contributed by atoms with Crippen LogP contribution in [0.15, 0.2) is 0 Å². The third kappa shape index (κ3) is 5.59. The predicted molar refractivity (Wildman–Crippen MR) is 73.9 cm³/mol. The van der Waals surface area contributed by atoms with Crippen LogP contribution in [0.5, 0.6) is 0 Å². The van der Waals surface area contributed by atoms with Crippen LogP contribution in [0.1, 0.15) is 39.5 Å². The van der Waals surface area contributed by atoms with Gasteiger partial charge in [0.1, 0.15) is 0 Å². The lowest BCUT2D eigenvalue weighted by molar-refractivity contribution is -0.138. The second-order valence-electron chi connectivity index (χ2n) is 5.49. The summed E-state index contributed by atoms with van der Waals surface area (Å²) in [5.41, 5.74) is 0. The first kappa shape index (κ1) is 16.0. The number of hydrogen-bond acceptors (Lipinski definition) is 3. The van der Waals surface area contributed by atoms with Crippen LogP contribution in [-0.2, 0) is 9.59 Å². The van der Waals surface area contributed by atoms with Gasteiger partial charge >= 0.3 is 5.97 Å². The summed E-state index contributed by atoms with van der Waals surface area (Å²) in [4.78, 5) is 24.6. The van der Waals surface area contributed by atoms with Crippen LogP contribution in [-0.4, -0.2) is 48.1 Å². The first-order chi connectivity index (χ1) is 9.04. The number of likely N-dealkylation sites (tertiary alicyclic amines) is 1. The molecule has 2 N–H and O–H groups in total. The van der Waals surface area contributed by atoms with Crippen molar-refractivity contribution in [3.63, 3.8) is 0 Å². The molecule has 2 atom stereocenters. The highest BCUT2D eigenvalue weighted by Gasteiger charge is 2.27. The molecule has 0 aromatic rings. The Balaban J connectivity index is 2.40. The molecule has 1 amide bonds. The molecule has 5 heteroatoms. The second kappa shape index (κ2) is 8.15. The molecule has 0 saturated carbocycles. The zero-order valence-corrected chi connectivity index (χ0v) is 12.0. The normalized spacial score (nSPS) is 21.2. The van der Waals surface area contributed by atoms with E-state index in [-0.39, 0.29) is 18.2 Å². The average molecular weight is 270 g/mol. The summed E-state index contributed by atoms with van der Waals surface area (Å²) in [6.45, 7) is 6.82. The van der Waals surface area contributed by atoms with E-state index in [0.29, 0.717) is 19.0 Å². The number of hydrogen-bond donors (Lipinski definition) is 2. The van der Waals surface area contributed by atoms with Gasteiger partial charge < -0.3 is 15.3 Å². The van der Waals surface area contributed by atoms with Gasteiger partial charge in [-0.3, -0.25) is 9.59 Å². The average Bonchev–Trinajstić information content (AvgIpc) is 2.38. The Kier molecular flexibility index (Phi) is 6.84. The number of aliphatic carboxylic acids is 1. The molecule has 1 rings (SSSR count). The van der Waals surface area contributed by atoms with Crippen molar-refractivity contribution in [3.8, 4) is 0 Å². The first-order valence-electron chi connectivity index (χ1n) is 7.24. The highest BCUT2D eigenvalue weighted by Crippen LogP contribution is 2.26. The van der Waals surface area contributed by atoms with Crippen LogP contribution in [0, 0.1) is 11.8 Å². The lowest BCUT2D eigenvalue weighted by Crippen LogP contribution is -2.45. The topological polar surface area (TPSA) is 69.6 Å². The highest BCUT2D eigenvalue weighted by atomic mass is 16.4. The van der Waals surface area contributed by atoms with Crippen molar-refractivity contribution < 1.29 is 14.7 Å². The van der Waals surface area contributed by atoms with Crippen molar-refractivity contribution in [3.05, 3.63) is 0 Å². The van der Waals surface area contributed by atoms with Gasteiger partial charge in [-0.05, 0) is 37.6 Å². The van der Waals surface area contributed by atoms with E-state index < -0.39 is 5.97 Å². The number of nitrogens with one attached hydrogen (secondary N) is 1. The fraction of sp³-hybridized carbons (Fsp3) is 0.857.